The Morgan fingerprint density at radius 1 is 1.17 bits per heavy atom. The van der Waals surface area contributed by atoms with Crippen molar-refractivity contribution in [3.05, 3.63) is 17.7 Å². The second kappa shape index (κ2) is 4.09. The van der Waals surface area contributed by atoms with Gasteiger partial charge in [0, 0.05) is 17.9 Å². The smallest absolute Gasteiger partial charge is 0.120 e. The molecule has 3 heteroatoms. The lowest BCUT2D eigenvalue weighted by molar-refractivity contribution is -0.0144. The van der Waals surface area contributed by atoms with Crippen LogP contribution in [0, 0.1) is 30.6 Å². The number of hydrogen-bond donors (Lipinski definition) is 2. The molecule has 4 fully saturated rings. The van der Waals surface area contributed by atoms with Gasteiger partial charge in [0.1, 0.15) is 5.82 Å². The average Bonchev–Trinajstić information content (AvgIpc) is 2.73. The van der Waals surface area contributed by atoms with E-state index in [2.05, 4.69) is 22.2 Å². The molecule has 4 aliphatic carbocycles. The number of rotatable bonds is 3. The molecular formula is C15H23N3. The van der Waals surface area contributed by atoms with E-state index in [1.807, 2.05) is 6.20 Å². The molecule has 18 heavy (non-hydrogen) atoms. The van der Waals surface area contributed by atoms with Crippen LogP contribution < -0.4 is 5.32 Å². The summed E-state index contributed by atoms with van der Waals surface area (Å²) in [5.41, 5.74) is 1.16. The van der Waals surface area contributed by atoms with Crippen LogP contribution in [0.3, 0.4) is 0 Å². The Kier molecular flexibility index (Phi) is 2.51. The molecule has 1 aromatic heterocycles. The highest BCUT2D eigenvalue weighted by Crippen LogP contribution is 2.53. The maximum atomic E-state index is 4.40. The summed E-state index contributed by atoms with van der Waals surface area (Å²) in [6.45, 7) is 2.99. The Bertz CT molecular complexity index is 409. The predicted octanol–water partition coefficient (Wildman–Crippen LogP) is 2.63. The van der Waals surface area contributed by atoms with Gasteiger partial charge in [-0.2, -0.15) is 0 Å². The number of aromatic nitrogens is 2. The molecule has 0 atom stereocenters. The molecule has 4 aliphatic rings. The number of aromatic amines is 1. The van der Waals surface area contributed by atoms with Crippen molar-refractivity contribution in [1.82, 2.24) is 15.3 Å². The number of nitrogens with one attached hydrogen (secondary N) is 2. The van der Waals surface area contributed by atoms with Crippen molar-refractivity contribution in [2.75, 3.05) is 0 Å². The predicted molar refractivity (Wildman–Crippen MR) is 71.0 cm³/mol. The summed E-state index contributed by atoms with van der Waals surface area (Å²) in [6.07, 6.45) is 9.42. The molecule has 0 saturated heterocycles. The van der Waals surface area contributed by atoms with Crippen molar-refractivity contribution < 1.29 is 0 Å². The van der Waals surface area contributed by atoms with Crippen LogP contribution in [0.2, 0.25) is 0 Å². The van der Waals surface area contributed by atoms with Crippen molar-refractivity contribution in [3.8, 4) is 0 Å². The highest BCUT2D eigenvalue weighted by Gasteiger charge is 2.47. The standard InChI is InChI=1S/C15H23N3/c1-9-7-16-14(18-9)8-17-15-12-3-10-2-11(5-12)6-13(15)4-10/h7,10-13,15,17H,2-6,8H2,1H3,(H,16,18). The van der Waals surface area contributed by atoms with Crippen LogP contribution >= 0.6 is 0 Å². The third-order valence-corrected chi connectivity index (χ3v) is 5.49. The lowest BCUT2D eigenvalue weighted by Crippen LogP contribution is -2.54. The van der Waals surface area contributed by atoms with E-state index in [1.165, 1.54) is 32.1 Å². The molecule has 0 unspecified atom stereocenters. The molecule has 0 amide bonds. The van der Waals surface area contributed by atoms with Gasteiger partial charge >= 0.3 is 0 Å². The molecule has 0 aliphatic heterocycles. The molecule has 4 saturated carbocycles. The summed E-state index contributed by atoms with van der Waals surface area (Å²) >= 11 is 0. The van der Waals surface area contributed by atoms with Crippen molar-refractivity contribution in [2.24, 2.45) is 23.7 Å². The fourth-order valence-corrected chi connectivity index (χ4v) is 5.03. The normalized spacial score (nSPS) is 41.5. The lowest BCUT2D eigenvalue weighted by Gasteiger charge is -2.54. The zero-order valence-electron chi connectivity index (χ0n) is 11.2. The third kappa shape index (κ3) is 1.80. The van der Waals surface area contributed by atoms with Crippen molar-refractivity contribution in [2.45, 2.75) is 51.6 Å². The number of H-pyrrole nitrogens is 1. The first-order valence-corrected chi connectivity index (χ1v) is 7.52. The average molecular weight is 245 g/mol. The molecule has 2 N–H and O–H groups in total. The number of nitrogens with zero attached hydrogens (tertiary/aromatic N) is 1. The van der Waals surface area contributed by atoms with Gasteiger partial charge in [-0.3, -0.25) is 0 Å². The SMILES string of the molecule is Cc1cnc(CNC2C3CC4CC(C3)CC2C4)[nH]1. The molecule has 1 aromatic rings. The van der Waals surface area contributed by atoms with Crippen LogP contribution in [-0.2, 0) is 6.54 Å². The number of imidazole rings is 1. The molecule has 4 bridgehead atoms. The molecule has 0 radical (unpaired) electrons. The van der Waals surface area contributed by atoms with Gasteiger partial charge in [-0.15, -0.1) is 0 Å². The van der Waals surface area contributed by atoms with Crippen molar-refractivity contribution in [1.29, 1.82) is 0 Å². The van der Waals surface area contributed by atoms with Gasteiger partial charge in [0.05, 0.1) is 6.54 Å². The largest absolute Gasteiger partial charge is 0.345 e. The van der Waals surface area contributed by atoms with Gasteiger partial charge in [-0.1, -0.05) is 0 Å². The maximum Gasteiger partial charge on any atom is 0.120 e. The monoisotopic (exact) mass is 245 g/mol. The molecule has 0 spiro atoms. The fourth-order valence-electron chi connectivity index (χ4n) is 5.03. The molecule has 3 nitrogen and oxygen atoms in total. The van der Waals surface area contributed by atoms with Crippen LogP contribution in [0.5, 0.6) is 0 Å². The van der Waals surface area contributed by atoms with Gasteiger partial charge in [0.25, 0.3) is 0 Å². The summed E-state index contributed by atoms with van der Waals surface area (Å²) in [7, 11) is 0. The second-order valence-electron chi connectivity index (χ2n) is 6.85. The first kappa shape index (κ1) is 11.0. The van der Waals surface area contributed by atoms with E-state index < -0.39 is 0 Å². The first-order valence-electron chi connectivity index (χ1n) is 7.52. The summed E-state index contributed by atoms with van der Waals surface area (Å²) in [5.74, 6) is 5.14. The minimum absolute atomic E-state index is 0.767. The Balaban J connectivity index is 1.43. The Hall–Kier alpha value is -0.830. The second-order valence-corrected chi connectivity index (χ2v) is 6.85. The Morgan fingerprint density at radius 2 is 1.83 bits per heavy atom. The zero-order chi connectivity index (χ0) is 12.1. The van der Waals surface area contributed by atoms with Gasteiger partial charge in [0.2, 0.25) is 0 Å². The number of hydrogen-bond acceptors (Lipinski definition) is 2. The molecule has 0 aromatic carbocycles. The molecular weight excluding hydrogens is 222 g/mol. The van der Waals surface area contributed by atoms with E-state index in [-0.39, 0.29) is 0 Å². The number of aryl methyl sites for hydroxylation is 1. The molecule has 5 rings (SSSR count). The van der Waals surface area contributed by atoms with Crippen molar-refractivity contribution in [3.63, 3.8) is 0 Å². The fraction of sp³-hybridized carbons (Fsp3) is 0.800. The molecule has 1 heterocycles. The van der Waals surface area contributed by atoms with Crippen LogP contribution in [0.1, 0.15) is 43.6 Å². The summed E-state index contributed by atoms with van der Waals surface area (Å²) in [5, 5.41) is 3.80. The minimum Gasteiger partial charge on any atom is -0.345 e. The van der Waals surface area contributed by atoms with E-state index in [9.17, 15) is 0 Å². The van der Waals surface area contributed by atoms with E-state index in [1.54, 1.807) is 0 Å². The summed E-state index contributed by atoms with van der Waals surface area (Å²) < 4.78 is 0. The maximum absolute atomic E-state index is 4.40. The van der Waals surface area contributed by atoms with Crippen LogP contribution in [-0.4, -0.2) is 16.0 Å². The summed E-state index contributed by atoms with van der Waals surface area (Å²) in [4.78, 5) is 7.73. The summed E-state index contributed by atoms with van der Waals surface area (Å²) in [6, 6.07) is 0.767. The van der Waals surface area contributed by atoms with E-state index in [4.69, 9.17) is 0 Å². The van der Waals surface area contributed by atoms with Gasteiger partial charge in [-0.25, -0.2) is 4.98 Å². The quantitative estimate of drug-likeness (QED) is 0.859. The van der Waals surface area contributed by atoms with Gasteiger partial charge in [-0.05, 0) is 62.7 Å². The lowest BCUT2D eigenvalue weighted by atomic mass is 9.54. The third-order valence-electron chi connectivity index (χ3n) is 5.49. The van der Waals surface area contributed by atoms with Gasteiger partial charge < -0.3 is 10.3 Å². The minimum atomic E-state index is 0.767. The highest BCUT2D eigenvalue weighted by atomic mass is 15.0. The van der Waals surface area contributed by atoms with Crippen molar-refractivity contribution >= 4 is 0 Å². The first-order chi connectivity index (χ1) is 8.78. The van der Waals surface area contributed by atoms with Gasteiger partial charge in [0.15, 0.2) is 0 Å². The highest BCUT2D eigenvalue weighted by molar-refractivity contribution is 5.03. The van der Waals surface area contributed by atoms with E-state index >= 15 is 0 Å². The molecule has 98 valence electrons. The van der Waals surface area contributed by atoms with Crippen LogP contribution in [0.25, 0.3) is 0 Å². The Morgan fingerprint density at radius 3 is 2.39 bits per heavy atom. The van der Waals surface area contributed by atoms with E-state index in [0.29, 0.717) is 0 Å². The topological polar surface area (TPSA) is 40.7 Å². The Labute approximate surface area is 109 Å². The van der Waals surface area contributed by atoms with Crippen LogP contribution in [0.4, 0.5) is 0 Å². The zero-order valence-corrected chi connectivity index (χ0v) is 11.2. The van der Waals surface area contributed by atoms with Crippen LogP contribution in [0.15, 0.2) is 6.20 Å². The van der Waals surface area contributed by atoms with E-state index in [0.717, 1.165) is 47.8 Å².